The molecule has 210 valence electrons. The lowest BCUT2D eigenvalue weighted by atomic mass is 10.00. The van der Waals surface area contributed by atoms with Crippen molar-refractivity contribution in [3.8, 4) is 22.5 Å². The molecule has 0 bridgehead atoms. The molecule has 0 unspecified atom stereocenters. The number of para-hydroxylation sites is 5. The largest absolute Gasteiger partial charge is 0.455 e. The van der Waals surface area contributed by atoms with Crippen LogP contribution in [-0.4, -0.2) is 9.13 Å². The zero-order valence-corrected chi connectivity index (χ0v) is 24.3. The van der Waals surface area contributed by atoms with E-state index in [2.05, 4.69) is 155 Å². The fraction of sp³-hybridized carbons (Fsp3) is 0. The molecule has 3 heterocycles. The van der Waals surface area contributed by atoms with Gasteiger partial charge in [-0.1, -0.05) is 103 Å². The molecule has 3 aromatic heterocycles. The summed E-state index contributed by atoms with van der Waals surface area (Å²) in [5, 5.41) is 7.25. The molecule has 0 atom stereocenters. The zero-order valence-electron chi connectivity index (χ0n) is 24.3. The zero-order chi connectivity index (χ0) is 29.5. The van der Waals surface area contributed by atoms with Crippen LogP contribution < -0.4 is 0 Å². The molecular weight excluding hydrogens is 548 g/mol. The highest BCUT2D eigenvalue weighted by Gasteiger charge is 2.21. The maximum absolute atomic E-state index is 6.45. The van der Waals surface area contributed by atoms with E-state index in [0.717, 1.165) is 44.4 Å². The Kier molecular flexibility index (Phi) is 5.00. The minimum Gasteiger partial charge on any atom is -0.455 e. The topological polar surface area (TPSA) is 23.0 Å². The molecule has 0 spiro atoms. The third kappa shape index (κ3) is 3.41. The highest BCUT2D eigenvalue weighted by molar-refractivity contribution is 6.26. The Morgan fingerprint density at radius 3 is 1.87 bits per heavy atom. The van der Waals surface area contributed by atoms with Crippen LogP contribution >= 0.6 is 0 Å². The Hall–Kier alpha value is -6.06. The second-order valence-electron chi connectivity index (χ2n) is 11.7. The molecule has 0 radical (unpaired) electrons. The van der Waals surface area contributed by atoms with E-state index in [-0.39, 0.29) is 0 Å². The van der Waals surface area contributed by atoms with Crippen molar-refractivity contribution in [2.24, 2.45) is 0 Å². The van der Waals surface area contributed by atoms with Gasteiger partial charge in [0.2, 0.25) is 0 Å². The van der Waals surface area contributed by atoms with Crippen molar-refractivity contribution in [2.45, 2.75) is 0 Å². The minimum atomic E-state index is 0.916. The SMILES string of the molecule is c1ccc(-n2c3ccccc3c3c2ccc2c4cc(-c5cccc6c5oc5ccccc56)ccc4n(-c4ccccc4)c23)cc1. The van der Waals surface area contributed by atoms with E-state index < -0.39 is 0 Å². The fourth-order valence-corrected chi connectivity index (χ4v) is 7.40. The van der Waals surface area contributed by atoms with Crippen LogP contribution in [0.2, 0.25) is 0 Å². The molecule has 0 aliphatic carbocycles. The summed E-state index contributed by atoms with van der Waals surface area (Å²) in [4.78, 5) is 0. The summed E-state index contributed by atoms with van der Waals surface area (Å²) in [6.45, 7) is 0. The molecule has 0 aliphatic heterocycles. The lowest BCUT2D eigenvalue weighted by Gasteiger charge is -2.10. The Bertz CT molecular complexity index is 2740. The van der Waals surface area contributed by atoms with Gasteiger partial charge in [0.1, 0.15) is 11.2 Å². The first-order valence-corrected chi connectivity index (χ1v) is 15.4. The number of fused-ring (bicyclic) bond motifs is 10. The second-order valence-corrected chi connectivity index (χ2v) is 11.7. The molecule has 0 N–H and O–H groups in total. The van der Waals surface area contributed by atoms with Gasteiger partial charge in [-0.2, -0.15) is 0 Å². The second kappa shape index (κ2) is 9.22. The van der Waals surface area contributed by atoms with Gasteiger partial charge in [0.15, 0.2) is 0 Å². The van der Waals surface area contributed by atoms with Crippen LogP contribution in [0.3, 0.4) is 0 Å². The van der Waals surface area contributed by atoms with Crippen molar-refractivity contribution in [3.63, 3.8) is 0 Å². The predicted octanol–water partition coefficient (Wildman–Crippen LogP) is 11.4. The van der Waals surface area contributed by atoms with Crippen molar-refractivity contribution >= 4 is 65.6 Å². The van der Waals surface area contributed by atoms with E-state index in [0.29, 0.717) is 0 Å². The van der Waals surface area contributed by atoms with E-state index in [4.69, 9.17) is 4.42 Å². The summed E-state index contributed by atoms with van der Waals surface area (Å²) in [5.74, 6) is 0. The van der Waals surface area contributed by atoms with Crippen LogP contribution in [0.4, 0.5) is 0 Å². The van der Waals surface area contributed by atoms with Crippen molar-refractivity contribution in [3.05, 3.63) is 158 Å². The first-order valence-electron chi connectivity index (χ1n) is 15.4. The normalized spacial score (nSPS) is 12.0. The summed E-state index contributed by atoms with van der Waals surface area (Å²) in [5.41, 5.74) is 11.2. The molecule has 3 nitrogen and oxygen atoms in total. The highest BCUT2D eigenvalue weighted by Crippen LogP contribution is 2.43. The lowest BCUT2D eigenvalue weighted by Crippen LogP contribution is -1.95. The summed E-state index contributed by atoms with van der Waals surface area (Å²) in [6, 6.07) is 56.4. The standard InChI is InChI=1S/C42H26N2O/c1-3-12-28(13-4-1)43-36-20-9-7-17-34(36)40-38(43)25-23-32-35-26-27(22-24-37(35)44(41(32)40)29-14-5-2-6-15-29)30-18-11-19-33-31-16-8-10-21-39(31)45-42(30)33/h1-26H. The fourth-order valence-electron chi connectivity index (χ4n) is 7.40. The summed E-state index contributed by atoms with van der Waals surface area (Å²) >= 11 is 0. The first kappa shape index (κ1) is 24.4. The van der Waals surface area contributed by atoms with Gasteiger partial charge in [-0.15, -0.1) is 0 Å². The Labute approximate surface area is 258 Å². The highest BCUT2D eigenvalue weighted by atomic mass is 16.3. The molecule has 0 fully saturated rings. The Balaban J connectivity index is 1.34. The molecule has 0 saturated carbocycles. The predicted molar refractivity (Wildman–Crippen MR) is 188 cm³/mol. The smallest absolute Gasteiger partial charge is 0.143 e. The number of hydrogen-bond donors (Lipinski definition) is 0. The van der Waals surface area contributed by atoms with Crippen molar-refractivity contribution in [2.75, 3.05) is 0 Å². The maximum Gasteiger partial charge on any atom is 0.143 e. The summed E-state index contributed by atoms with van der Waals surface area (Å²) < 4.78 is 11.3. The number of rotatable bonds is 3. The first-order chi connectivity index (χ1) is 22.3. The van der Waals surface area contributed by atoms with E-state index >= 15 is 0 Å². The third-order valence-electron chi connectivity index (χ3n) is 9.31. The van der Waals surface area contributed by atoms with Crippen LogP contribution in [0.1, 0.15) is 0 Å². The van der Waals surface area contributed by atoms with E-state index in [1.807, 2.05) is 12.1 Å². The maximum atomic E-state index is 6.45. The van der Waals surface area contributed by atoms with Gasteiger partial charge in [0.05, 0.1) is 22.1 Å². The number of aromatic nitrogens is 2. The summed E-state index contributed by atoms with van der Waals surface area (Å²) in [6.07, 6.45) is 0. The molecule has 10 aromatic rings. The van der Waals surface area contributed by atoms with E-state index in [1.54, 1.807) is 0 Å². The van der Waals surface area contributed by atoms with Gasteiger partial charge >= 0.3 is 0 Å². The monoisotopic (exact) mass is 574 g/mol. The van der Waals surface area contributed by atoms with Crippen LogP contribution in [0, 0.1) is 0 Å². The van der Waals surface area contributed by atoms with Crippen LogP contribution in [-0.2, 0) is 0 Å². The molecule has 7 aromatic carbocycles. The molecule has 0 saturated heterocycles. The number of hydrogen-bond acceptors (Lipinski definition) is 1. The van der Waals surface area contributed by atoms with Crippen LogP contribution in [0.25, 0.3) is 88.1 Å². The number of furan rings is 1. The van der Waals surface area contributed by atoms with E-state index in [9.17, 15) is 0 Å². The number of nitrogens with zero attached hydrogens (tertiary/aromatic N) is 2. The van der Waals surface area contributed by atoms with Crippen molar-refractivity contribution < 1.29 is 4.42 Å². The van der Waals surface area contributed by atoms with E-state index in [1.165, 1.54) is 43.6 Å². The van der Waals surface area contributed by atoms with Crippen LogP contribution in [0.15, 0.2) is 162 Å². The molecule has 0 amide bonds. The molecular formula is C42H26N2O. The van der Waals surface area contributed by atoms with Gasteiger partial charge in [-0.05, 0) is 60.2 Å². The van der Waals surface area contributed by atoms with Gasteiger partial charge < -0.3 is 13.6 Å². The van der Waals surface area contributed by atoms with Crippen molar-refractivity contribution in [1.82, 2.24) is 9.13 Å². The van der Waals surface area contributed by atoms with Crippen molar-refractivity contribution in [1.29, 1.82) is 0 Å². The van der Waals surface area contributed by atoms with Gasteiger partial charge in [0, 0.05) is 49.3 Å². The Morgan fingerprint density at radius 2 is 1.04 bits per heavy atom. The molecule has 0 aliphatic rings. The molecule has 3 heteroatoms. The summed E-state index contributed by atoms with van der Waals surface area (Å²) in [7, 11) is 0. The van der Waals surface area contributed by atoms with Gasteiger partial charge in [-0.3, -0.25) is 0 Å². The lowest BCUT2D eigenvalue weighted by molar-refractivity contribution is 0.670. The van der Waals surface area contributed by atoms with Gasteiger partial charge in [-0.25, -0.2) is 0 Å². The quantitative estimate of drug-likeness (QED) is 0.206. The molecule has 10 rings (SSSR count). The Morgan fingerprint density at radius 1 is 0.400 bits per heavy atom. The van der Waals surface area contributed by atoms with Gasteiger partial charge in [0.25, 0.3) is 0 Å². The number of benzene rings is 7. The minimum absolute atomic E-state index is 0.916. The average Bonchev–Trinajstić information content (AvgIpc) is 3.76. The van der Waals surface area contributed by atoms with Crippen LogP contribution in [0.5, 0.6) is 0 Å². The average molecular weight is 575 g/mol. The molecule has 45 heavy (non-hydrogen) atoms. The third-order valence-corrected chi connectivity index (χ3v) is 9.31.